The highest BCUT2D eigenvalue weighted by atomic mass is 32.2. The fraction of sp³-hybridized carbons (Fsp3) is 0.364. The number of carbonyl (C=O) groups excluding carboxylic acids is 2. The van der Waals surface area contributed by atoms with E-state index in [9.17, 15) is 18.0 Å². The topological polar surface area (TPSA) is 78.0 Å². The van der Waals surface area contributed by atoms with Crippen molar-refractivity contribution in [1.29, 1.82) is 0 Å². The van der Waals surface area contributed by atoms with Crippen molar-refractivity contribution >= 4 is 21.8 Å². The Labute approximate surface area is 176 Å². The van der Waals surface area contributed by atoms with Gasteiger partial charge in [0.1, 0.15) is 0 Å². The lowest BCUT2D eigenvalue weighted by Crippen LogP contribution is -2.50. The van der Waals surface area contributed by atoms with Crippen LogP contribution in [0.15, 0.2) is 59.5 Å². The van der Waals surface area contributed by atoms with Gasteiger partial charge >= 0.3 is 0 Å². The third-order valence-electron chi connectivity index (χ3n) is 5.65. The van der Waals surface area contributed by atoms with Crippen LogP contribution < -0.4 is 0 Å². The Kier molecular flexibility index (Phi) is 5.87. The normalized spacial score (nSPS) is 18.1. The van der Waals surface area contributed by atoms with Crippen molar-refractivity contribution in [3.63, 3.8) is 0 Å². The van der Waals surface area contributed by atoms with Crippen LogP contribution in [0, 0.1) is 0 Å². The molecular formula is C22H25N3O4S. The van der Waals surface area contributed by atoms with Crippen molar-refractivity contribution in [2.24, 2.45) is 0 Å². The zero-order valence-electron chi connectivity index (χ0n) is 16.7. The van der Waals surface area contributed by atoms with Crippen molar-refractivity contribution in [1.82, 2.24) is 14.1 Å². The van der Waals surface area contributed by atoms with Crippen LogP contribution in [-0.2, 0) is 21.4 Å². The molecule has 0 radical (unpaired) electrons. The van der Waals surface area contributed by atoms with Gasteiger partial charge in [-0.2, -0.15) is 4.31 Å². The first-order valence-electron chi connectivity index (χ1n) is 10.2. The summed E-state index contributed by atoms with van der Waals surface area (Å²) in [6, 6.07) is 15.7. The molecule has 0 aromatic heterocycles. The van der Waals surface area contributed by atoms with Gasteiger partial charge in [-0.15, -0.1) is 0 Å². The molecule has 0 N–H and O–H groups in total. The monoisotopic (exact) mass is 427 g/mol. The van der Waals surface area contributed by atoms with E-state index in [1.165, 1.54) is 4.31 Å². The zero-order chi connectivity index (χ0) is 21.1. The summed E-state index contributed by atoms with van der Waals surface area (Å²) in [4.78, 5) is 28.4. The van der Waals surface area contributed by atoms with Gasteiger partial charge in [0.05, 0.1) is 4.90 Å². The molecule has 30 heavy (non-hydrogen) atoms. The zero-order valence-corrected chi connectivity index (χ0v) is 17.6. The second kappa shape index (κ2) is 8.57. The molecule has 0 unspecified atom stereocenters. The predicted molar refractivity (Wildman–Crippen MR) is 112 cm³/mol. The maximum absolute atomic E-state index is 12.8. The van der Waals surface area contributed by atoms with Gasteiger partial charge in [0, 0.05) is 51.3 Å². The minimum absolute atomic E-state index is 0.101. The number of sulfonamides is 1. The lowest BCUT2D eigenvalue weighted by Gasteiger charge is -2.34. The number of benzene rings is 2. The Balaban J connectivity index is 1.35. The number of piperazine rings is 1. The molecule has 0 bridgehead atoms. The number of likely N-dealkylation sites (tertiary alicyclic amines) is 1. The van der Waals surface area contributed by atoms with Gasteiger partial charge in [-0.1, -0.05) is 30.3 Å². The van der Waals surface area contributed by atoms with Crippen LogP contribution in [0.4, 0.5) is 0 Å². The smallest absolute Gasteiger partial charge is 0.253 e. The summed E-state index contributed by atoms with van der Waals surface area (Å²) in [5.74, 6) is 0.0778. The average Bonchev–Trinajstić information content (AvgIpc) is 3.19. The molecule has 2 aromatic rings. The summed E-state index contributed by atoms with van der Waals surface area (Å²) < 4.78 is 26.9. The van der Waals surface area contributed by atoms with E-state index in [1.54, 1.807) is 47.4 Å². The third kappa shape index (κ3) is 4.24. The first-order chi connectivity index (χ1) is 14.4. The lowest BCUT2D eigenvalue weighted by molar-refractivity contribution is -0.128. The Morgan fingerprint density at radius 2 is 1.53 bits per heavy atom. The second-order valence-corrected chi connectivity index (χ2v) is 9.56. The summed E-state index contributed by atoms with van der Waals surface area (Å²) in [7, 11) is -3.53. The maximum atomic E-state index is 12.8. The summed E-state index contributed by atoms with van der Waals surface area (Å²) >= 11 is 0. The molecule has 0 atom stereocenters. The maximum Gasteiger partial charge on any atom is 0.253 e. The van der Waals surface area contributed by atoms with Crippen LogP contribution in [0.2, 0.25) is 0 Å². The minimum atomic E-state index is -3.53. The fourth-order valence-corrected chi connectivity index (χ4v) is 5.34. The molecule has 0 saturated carbocycles. The summed E-state index contributed by atoms with van der Waals surface area (Å²) in [5.41, 5.74) is 1.58. The van der Waals surface area contributed by atoms with Gasteiger partial charge in [-0.3, -0.25) is 9.59 Å². The first kappa shape index (κ1) is 20.6. The summed E-state index contributed by atoms with van der Waals surface area (Å²) in [5, 5.41) is 0. The van der Waals surface area contributed by atoms with Crippen LogP contribution >= 0.6 is 0 Å². The number of carbonyl (C=O) groups is 2. The van der Waals surface area contributed by atoms with Gasteiger partial charge in [0.15, 0.2) is 0 Å². The third-order valence-corrected chi connectivity index (χ3v) is 7.57. The Hall–Kier alpha value is -2.71. The molecule has 158 valence electrons. The molecule has 2 heterocycles. The lowest BCUT2D eigenvalue weighted by atomic mass is 10.1. The van der Waals surface area contributed by atoms with E-state index >= 15 is 0 Å². The van der Waals surface area contributed by atoms with Gasteiger partial charge in [0.2, 0.25) is 15.9 Å². The Bertz CT molecular complexity index is 1010. The van der Waals surface area contributed by atoms with Crippen LogP contribution in [0.25, 0.3) is 0 Å². The minimum Gasteiger partial charge on any atom is -0.338 e. The van der Waals surface area contributed by atoms with E-state index in [4.69, 9.17) is 0 Å². The van der Waals surface area contributed by atoms with E-state index in [-0.39, 0.29) is 29.8 Å². The van der Waals surface area contributed by atoms with E-state index in [1.807, 2.05) is 17.0 Å². The number of hydrogen-bond donors (Lipinski definition) is 0. The van der Waals surface area contributed by atoms with Gasteiger partial charge in [0.25, 0.3) is 5.91 Å². The molecule has 0 aliphatic carbocycles. The van der Waals surface area contributed by atoms with Crippen molar-refractivity contribution in [2.75, 3.05) is 32.7 Å². The average molecular weight is 428 g/mol. The standard InChI is InChI=1S/C22H25N3O4S/c26-21-7-4-12-24(21)17-18-8-10-19(11-9-18)22(27)23-13-15-25(16-14-23)30(28,29)20-5-2-1-3-6-20/h1-3,5-6,8-11H,4,7,12-17H2. The molecule has 2 aromatic carbocycles. The molecule has 0 spiro atoms. The highest BCUT2D eigenvalue weighted by Gasteiger charge is 2.30. The van der Waals surface area contributed by atoms with E-state index in [2.05, 4.69) is 0 Å². The van der Waals surface area contributed by atoms with Crippen LogP contribution in [0.1, 0.15) is 28.8 Å². The fourth-order valence-electron chi connectivity index (χ4n) is 3.90. The Morgan fingerprint density at radius 3 is 2.13 bits per heavy atom. The summed E-state index contributed by atoms with van der Waals surface area (Å²) in [6.07, 6.45) is 1.52. The van der Waals surface area contributed by atoms with Crippen molar-refractivity contribution < 1.29 is 18.0 Å². The van der Waals surface area contributed by atoms with Gasteiger partial charge in [-0.25, -0.2) is 8.42 Å². The van der Waals surface area contributed by atoms with Crippen LogP contribution in [-0.4, -0.2) is 67.1 Å². The molecule has 2 fully saturated rings. The Morgan fingerprint density at radius 1 is 0.867 bits per heavy atom. The first-order valence-corrected chi connectivity index (χ1v) is 11.6. The molecular weight excluding hydrogens is 402 g/mol. The van der Waals surface area contributed by atoms with Crippen molar-refractivity contribution in [3.8, 4) is 0 Å². The van der Waals surface area contributed by atoms with Crippen LogP contribution in [0.5, 0.6) is 0 Å². The molecule has 4 rings (SSSR count). The second-order valence-electron chi connectivity index (χ2n) is 7.63. The van der Waals surface area contributed by atoms with Gasteiger partial charge in [-0.05, 0) is 36.2 Å². The van der Waals surface area contributed by atoms with E-state index in [0.717, 1.165) is 18.5 Å². The molecule has 2 saturated heterocycles. The quantitative estimate of drug-likeness (QED) is 0.731. The van der Waals surface area contributed by atoms with E-state index < -0.39 is 10.0 Å². The molecule has 2 aliphatic heterocycles. The number of amides is 2. The highest BCUT2D eigenvalue weighted by Crippen LogP contribution is 2.19. The SMILES string of the molecule is O=C1CCCN1Cc1ccc(C(=O)N2CCN(S(=O)(=O)c3ccccc3)CC2)cc1. The highest BCUT2D eigenvalue weighted by molar-refractivity contribution is 7.89. The van der Waals surface area contributed by atoms with Crippen LogP contribution in [0.3, 0.4) is 0 Å². The number of nitrogens with zero attached hydrogens (tertiary/aromatic N) is 3. The molecule has 2 amide bonds. The largest absolute Gasteiger partial charge is 0.338 e. The molecule has 2 aliphatic rings. The van der Waals surface area contributed by atoms with Crippen molar-refractivity contribution in [2.45, 2.75) is 24.3 Å². The van der Waals surface area contributed by atoms with Crippen molar-refractivity contribution in [3.05, 3.63) is 65.7 Å². The number of hydrogen-bond acceptors (Lipinski definition) is 4. The molecule has 8 heteroatoms. The number of rotatable bonds is 5. The van der Waals surface area contributed by atoms with Gasteiger partial charge < -0.3 is 9.80 Å². The molecule has 7 nitrogen and oxygen atoms in total. The van der Waals surface area contributed by atoms with E-state index in [0.29, 0.717) is 31.6 Å². The predicted octanol–water partition coefficient (Wildman–Crippen LogP) is 1.96. The summed E-state index contributed by atoms with van der Waals surface area (Å²) in [6.45, 7) is 2.62.